The van der Waals surface area contributed by atoms with Gasteiger partial charge >= 0.3 is 0 Å². The standard InChI is InChI=1S/C27H50N2O3S/c1-25-24-26(19-20-27(25)28)18-14-12-10-8-6-4-2-3-5-7-9-11-13-15-21-29-22-16-17-23-33(30,31)32/h19-20,24,29H,2-18,21-23,28H2,1H3,(H,30,31,32). The van der Waals surface area contributed by atoms with E-state index in [1.54, 1.807) is 0 Å². The lowest BCUT2D eigenvalue weighted by Crippen LogP contribution is -2.17. The molecule has 33 heavy (non-hydrogen) atoms. The van der Waals surface area contributed by atoms with Crippen LogP contribution in [0.3, 0.4) is 0 Å². The number of anilines is 1. The van der Waals surface area contributed by atoms with E-state index in [4.69, 9.17) is 10.3 Å². The zero-order valence-electron chi connectivity index (χ0n) is 21.1. The van der Waals surface area contributed by atoms with Gasteiger partial charge in [-0.05, 0) is 69.3 Å². The minimum absolute atomic E-state index is 0.125. The molecule has 4 N–H and O–H groups in total. The van der Waals surface area contributed by atoms with E-state index in [0.717, 1.165) is 25.2 Å². The third kappa shape index (κ3) is 18.9. The molecule has 1 aromatic rings. The fourth-order valence-corrected chi connectivity index (χ4v) is 4.82. The number of aryl methyl sites for hydroxylation is 2. The Morgan fingerprint density at radius 2 is 1.18 bits per heavy atom. The van der Waals surface area contributed by atoms with E-state index in [-0.39, 0.29) is 5.75 Å². The molecule has 192 valence electrons. The van der Waals surface area contributed by atoms with Crippen LogP contribution in [-0.2, 0) is 16.5 Å². The van der Waals surface area contributed by atoms with Crippen LogP contribution in [0.4, 0.5) is 5.69 Å². The molecule has 0 aliphatic heterocycles. The van der Waals surface area contributed by atoms with E-state index in [0.29, 0.717) is 6.42 Å². The van der Waals surface area contributed by atoms with E-state index in [2.05, 4.69) is 24.4 Å². The minimum atomic E-state index is -3.79. The van der Waals surface area contributed by atoms with Crippen molar-refractivity contribution in [1.29, 1.82) is 0 Å². The summed E-state index contributed by atoms with van der Waals surface area (Å²) in [6.07, 6.45) is 21.3. The quantitative estimate of drug-likeness (QED) is 0.0956. The van der Waals surface area contributed by atoms with Gasteiger partial charge in [-0.1, -0.05) is 89.2 Å². The van der Waals surface area contributed by atoms with Crippen LogP contribution < -0.4 is 11.1 Å². The SMILES string of the molecule is Cc1cc(CCCCCCCCCCCCCCCCNCCCCS(=O)(=O)O)ccc1N. The Morgan fingerprint density at radius 1 is 0.727 bits per heavy atom. The van der Waals surface area contributed by atoms with Crippen LogP contribution in [-0.4, -0.2) is 31.8 Å². The first-order chi connectivity index (χ1) is 15.9. The highest BCUT2D eigenvalue weighted by atomic mass is 32.2. The third-order valence-electron chi connectivity index (χ3n) is 6.41. The number of rotatable bonds is 22. The van der Waals surface area contributed by atoms with Crippen LogP contribution in [0.15, 0.2) is 18.2 Å². The molecule has 0 atom stereocenters. The Hall–Kier alpha value is -1.11. The number of nitrogens with one attached hydrogen (secondary N) is 1. The Labute approximate surface area is 204 Å². The first kappa shape index (κ1) is 29.9. The van der Waals surface area contributed by atoms with Gasteiger partial charge in [0.25, 0.3) is 10.1 Å². The van der Waals surface area contributed by atoms with Crippen LogP contribution in [0.5, 0.6) is 0 Å². The number of hydrogen-bond donors (Lipinski definition) is 3. The van der Waals surface area contributed by atoms with E-state index < -0.39 is 10.1 Å². The molecule has 0 aliphatic rings. The zero-order chi connectivity index (χ0) is 24.2. The van der Waals surface area contributed by atoms with Crippen molar-refractivity contribution >= 4 is 15.8 Å². The van der Waals surface area contributed by atoms with Crippen molar-refractivity contribution in [3.8, 4) is 0 Å². The van der Waals surface area contributed by atoms with Gasteiger partial charge in [-0.3, -0.25) is 4.55 Å². The van der Waals surface area contributed by atoms with Gasteiger partial charge in [0.2, 0.25) is 0 Å². The molecule has 1 rings (SSSR count). The van der Waals surface area contributed by atoms with E-state index in [9.17, 15) is 8.42 Å². The molecule has 0 bridgehead atoms. The van der Waals surface area contributed by atoms with Crippen LogP contribution in [0.1, 0.15) is 114 Å². The summed E-state index contributed by atoms with van der Waals surface area (Å²) in [6, 6.07) is 6.44. The fraction of sp³-hybridized carbons (Fsp3) is 0.778. The Balaban J connectivity index is 1.73. The van der Waals surface area contributed by atoms with Crippen molar-refractivity contribution in [1.82, 2.24) is 5.32 Å². The van der Waals surface area contributed by atoms with Crippen LogP contribution in [0.25, 0.3) is 0 Å². The Bertz CT molecular complexity index is 707. The lowest BCUT2D eigenvalue weighted by atomic mass is 10.0. The number of nitrogen functional groups attached to an aromatic ring is 1. The Morgan fingerprint density at radius 3 is 1.67 bits per heavy atom. The van der Waals surface area contributed by atoms with Crippen molar-refractivity contribution in [2.45, 2.75) is 116 Å². The predicted molar refractivity (Wildman–Crippen MR) is 142 cm³/mol. The maximum Gasteiger partial charge on any atom is 0.264 e. The van der Waals surface area contributed by atoms with Crippen molar-refractivity contribution < 1.29 is 13.0 Å². The van der Waals surface area contributed by atoms with Crippen LogP contribution in [0, 0.1) is 6.92 Å². The molecule has 0 aliphatic carbocycles. The topological polar surface area (TPSA) is 92.4 Å². The van der Waals surface area contributed by atoms with Gasteiger partial charge in [-0.15, -0.1) is 0 Å². The van der Waals surface area contributed by atoms with Crippen LogP contribution >= 0.6 is 0 Å². The smallest absolute Gasteiger partial charge is 0.264 e. The molecule has 0 radical (unpaired) electrons. The average molecular weight is 483 g/mol. The second-order valence-corrected chi connectivity index (χ2v) is 11.2. The molecule has 0 fully saturated rings. The number of unbranched alkanes of at least 4 members (excludes halogenated alkanes) is 14. The second kappa shape index (κ2) is 19.2. The van der Waals surface area contributed by atoms with Gasteiger partial charge < -0.3 is 11.1 Å². The van der Waals surface area contributed by atoms with Gasteiger partial charge in [0.05, 0.1) is 5.75 Å². The predicted octanol–water partition coefficient (Wildman–Crippen LogP) is 6.84. The monoisotopic (exact) mass is 482 g/mol. The summed E-state index contributed by atoms with van der Waals surface area (Å²) in [6.45, 7) is 3.93. The Kier molecular flexibility index (Phi) is 17.4. The van der Waals surface area contributed by atoms with Crippen molar-refractivity contribution in [3.63, 3.8) is 0 Å². The highest BCUT2D eigenvalue weighted by Gasteiger charge is 2.02. The maximum absolute atomic E-state index is 10.6. The summed E-state index contributed by atoms with van der Waals surface area (Å²) in [5.74, 6) is -0.125. The van der Waals surface area contributed by atoms with E-state index in [1.807, 2.05) is 6.07 Å². The molecule has 0 aromatic heterocycles. The zero-order valence-corrected chi connectivity index (χ0v) is 21.9. The molecule has 6 heteroatoms. The summed E-state index contributed by atoms with van der Waals surface area (Å²) in [7, 11) is -3.79. The average Bonchev–Trinajstić information content (AvgIpc) is 2.76. The van der Waals surface area contributed by atoms with E-state index in [1.165, 1.54) is 107 Å². The molecule has 0 heterocycles. The van der Waals surface area contributed by atoms with Crippen molar-refractivity contribution in [3.05, 3.63) is 29.3 Å². The van der Waals surface area contributed by atoms with E-state index >= 15 is 0 Å². The molecule has 0 amide bonds. The minimum Gasteiger partial charge on any atom is -0.399 e. The molecule has 0 spiro atoms. The summed E-state index contributed by atoms with van der Waals surface area (Å²) in [5.41, 5.74) is 9.40. The lowest BCUT2D eigenvalue weighted by molar-refractivity contribution is 0.479. The number of nitrogens with two attached hydrogens (primary N) is 1. The largest absolute Gasteiger partial charge is 0.399 e. The molecule has 1 aromatic carbocycles. The third-order valence-corrected chi connectivity index (χ3v) is 7.21. The van der Waals surface area contributed by atoms with Gasteiger partial charge in [0, 0.05) is 5.69 Å². The fourth-order valence-electron chi connectivity index (χ4n) is 4.25. The second-order valence-electron chi connectivity index (χ2n) is 9.63. The van der Waals surface area contributed by atoms with Crippen molar-refractivity contribution in [2.24, 2.45) is 0 Å². The van der Waals surface area contributed by atoms with Crippen LogP contribution in [0.2, 0.25) is 0 Å². The molecular weight excluding hydrogens is 432 g/mol. The summed E-state index contributed by atoms with van der Waals surface area (Å²) < 4.78 is 29.9. The van der Waals surface area contributed by atoms with Gasteiger partial charge in [0.1, 0.15) is 0 Å². The maximum atomic E-state index is 10.6. The highest BCUT2D eigenvalue weighted by molar-refractivity contribution is 7.85. The summed E-state index contributed by atoms with van der Waals surface area (Å²) >= 11 is 0. The number of hydrogen-bond acceptors (Lipinski definition) is 4. The molecule has 5 nitrogen and oxygen atoms in total. The molecule has 0 saturated heterocycles. The number of benzene rings is 1. The first-order valence-electron chi connectivity index (χ1n) is 13.4. The van der Waals surface area contributed by atoms with Crippen molar-refractivity contribution in [2.75, 3.05) is 24.6 Å². The molecular formula is C27H50N2O3S. The lowest BCUT2D eigenvalue weighted by Gasteiger charge is -2.06. The normalized spacial score (nSPS) is 11.8. The summed E-state index contributed by atoms with van der Waals surface area (Å²) in [4.78, 5) is 0. The van der Waals surface area contributed by atoms with Gasteiger partial charge in [-0.2, -0.15) is 8.42 Å². The first-order valence-corrected chi connectivity index (χ1v) is 15.0. The highest BCUT2D eigenvalue weighted by Crippen LogP contribution is 2.16. The molecule has 0 saturated carbocycles. The van der Waals surface area contributed by atoms with Gasteiger partial charge in [0.15, 0.2) is 0 Å². The molecule has 0 unspecified atom stereocenters. The van der Waals surface area contributed by atoms with Gasteiger partial charge in [-0.25, -0.2) is 0 Å². The summed E-state index contributed by atoms with van der Waals surface area (Å²) in [5, 5.41) is 3.35.